The average molecular weight is 354 g/mol. The van der Waals surface area contributed by atoms with E-state index in [1.54, 1.807) is 29.4 Å². The Balaban J connectivity index is 2.18. The van der Waals surface area contributed by atoms with Crippen LogP contribution in [-0.4, -0.2) is 17.9 Å². The molecule has 0 bridgehead atoms. The Morgan fingerprint density at radius 1 is 1.45 bits per heavy atom. The zero-order valence-corrected chi connectivity index (χ0v) is 13.7. The highest BCUT2D eigenvalue weighted by Gasteiger charge is 2.16. The number of hydrogen-bond donors (Lipinski definition) is 2. The number of nitrogens with two attached hydrogens (primary N) is 1. The number of carbonyl (C=O) groups is 1. The Morgan fingerprint density at radius 2 is 2.20 bits per heavy atom. The lowest BCUT2D eigenvalue weighted by molar-refractivity contribution is 0.0786. The summed E-state index contributed by atoms with van der Waals surface area (Å²) >= 11 is 5.03. The number of nitrogen functional groups attached to an aromatic ring is 1. The highest BCUT2D eigenvalue weighted by Crippen LogP contribution is 2.23. The molecule has 4 nitrogen and oxygen atoms in total. The second-order valence-corrected chi connectivity index (χ2v) is 6.90. The van der Waals surface area contributed by atoms with Crippen LogP contribution >= 0.6 is 27.3 Å². The molecule has 3 N–H and O–H groups in total. The number of aryl methyl sites for hydroxylation is 1. The predicted molar refractivity (Wildman–Crippen MR) is 86.8 cm³/mol. The van der Waals surface area contributed by atoms with Crippen molar-refractivity contribution in [2.75, 3.05) is 12.5 Å². The number of anilines is 1. The first-order valence-electron chi connectivity index (χ1n) is 6.07. The molecule has 1 aromatic carbocycles. The Morgan fingerprint density at radius 3 is 2.80 bits per heavy atom. The van der Waals surface area contributed by atoms with Crippen LogP contribution in [-0.2, 0) is 6.54 Å². The summed E-state index contributed by atoms with van der Waals surface area (Å²) in [6.45, 7) is 2.53. The summed E-state index contributed by atoms with van der Waals surface area (Å²) in [7, 11) is 1.79. The van der Waals surface area contributed by atoms with Gasteiger partial charge in [-0.3, -0.25) is 10.6 Å². The number of nitrogens with one attached hydrogen (secondary N) is 1. The molecule has 2 aromatic rings. The van der Waals surface area contributed by atoms with Crippen molar-refractivity contribution in [3.63, 3.8) is 0 Å². The van der Waals surface area contributed by atoms with Crippen molar-refractivity contribution in [3.05, 3.63) is 50.1 Å². The Bertz CT molecular complexity index is 627. The summed E-state index contributed by atoms with van der Waals surface area (Å²) < 4.78 is 1.06. The van der Waals surface area contributed by atoms with Gasteiger partial charge in [-0.1, -0.05) is 6.07 Å². The summed E-state index contributed by atoms with van der Waals surface area (Å²) in [6.07, 6.45) is 0. The number of halogens is 1. The zero-order valence-electron chi connectivity index (χ0n) is 11.3. The fourth-order valence-corrected chi connectivity index (χ4v) is 3.14. The lowest BCUT2D eigenvalue weighted by Gasteiger charge is -2.18. The van der Waals surface area contributed by atoms with Crippen LogP contribution in [0.2, 0.25) is 0 Å². The number of benzene rings is 1. The molecule has 0 saturated carbocycles. The number of rotatable bonds is 4. The van der Waals surface area contributed by atoms with E-state index in [-0.39, 0.29) is 5.91 Å². The van der Waals surface area contributed by atoms with Crippen LogP contribution in [0.25, 0.3) is 0 Å². The quantitative estimate of drug-likeness (QED) is 0.654. The van der Waals surface area contributed by atoms with Gasteiger partial charge in [0.05, 0.1) is 15.0 Å². The normalized spacial score (nSPS) is 10.4. The van der Waals surface area contributed by atoms with E-state index in [4.69, 9.17) is 5.84 Å². The number of amides is 1. The third-order valence-corrected chi connectivity index (χ3v) is 4.50. The van der Waals surface area contributed by atoms with E-state index in [2.05, 4.69) is 21.4 Å². The molecule has 1 amide bonds. The van der Waals surface area contributed by atoms with Gasteiger partial charge in [0.1, 0.15) is 0 Å². The summed E-state index contributed by atoms with van der Waals surface area (Å²) in [6, 6.07) is 7.59. The molecule has 6 heteroatoms. The number of nitrogens with zero attached hydrogens (tertiary/aromatic N) is 1. The van der Waals surface area contributed by atoms with Crippen LogP contribution in [0.5, 0.6) is 0 Å². The van der Waals surface area contributed by atoms with Crippen LogP contribution in [0.4, 0.5) is 5.69 Å². The standard InChI is InChI=1S/C14H16BrN3OS/c1-9-3-4-11(12(5-9)17-16)14(19)18(2)7-10-6-13(15)20-8-10/h3-6,8,17H,7,16H2,1-2H3. The second kappa shape index (κ2) is 6.39. The minimum absolute atomic E-state index is 0.0553. The van der Waals surface area contributed by atoms with E-state index in [0.717, 1.165) is 14.9 Å². The number of thiophene rings is 1. The van der Waals surface area contributed by atoms with Crippen molar-refractivity contribution in [1.29, 1.82) is 0 Å². The Labute approximate surface area is 130 Å². The van der Waals surface area contributed by atoms with Crippen molar-refractivity contribution in [2.24, 2.45) is 5.84 Å². The molecule has 0 radical (unpaired) electrons. The third-order valence-electron chi connectivity index (χ3n) is 2.95. The molecule has 0 spiro atoms. The first-order chi connectivity index (χ1) is 9.51. The van der Waals surface area contributed by atoms with Crippen molar-refractivity contribution < 1.29 is 4.79 Å². The number of hydrogen-bond acceptors (Lipinski definition) is 4. The van der Waals surface area contributed by atoms with Gasteiger partial charge < -0.3 is 10.3 Å². The highest BCUT2D eigenvalue weighted by atomic mass is 79.9. The first kappa shape index (κ1) is 15.0. The van der Waals surface area contributed by atoms with E-state index in [1.807, 2.05) is 30.5 Å². The van der Waals surface area contributed by atoms with E-state index >= 15 is 0 Å². The van der Waals surface area contributed by atoms with Gasteiger partial charge in [0.25, 0.3) is 5.91 Å². The van der Waals surface area contributed by atoms with E-state index in [1.165, 1.54) is 0 Å². The maximum atomic E-state index is 12.5. The number of hydrazine groups is 1. The molecule has 0 aliphatic heterocycles. The van der Waals surface area contributed by atoms with E-state index in [0.29, 0.717) is 17.8 Å². The maximum Gasteiger partial charge on any atom is 0.256 e. The molecule has 1 heterocycles. The lowest BCUT2D eigenvalue weighted by Crippen LogP contribution is -2.27. The first-order valence-corrected chi connectivity index (χ1v) is 7.74. The smallest absolute Gasteiger partial charge is 0.256 e. The molecular formula is C14H16BrN3OS. The molecule has 0 aliphatic rings. The zero-order chi connectivity index (χ0) is 14.7. The summed E-state index contributed by atoms with van der Waals surface area (Å²) in [5, 5.41) is 2.03. The Kier molecular flexibility index (Phi) is 4.80. The summed E-state index contributed by atoms with van der Waals surface area (Å²) in [5.74, 6) is 5.43. The maximum absolute atomic E-state index is 12.5. The van der Waals surface area contributed by atoms with Crippen LogP contribution in [0.1, 0.15) is 21.5 Å². The molecule has 20 heavy (non-hydrogen) atoms. The molecule has 0 fully saturated rings. The third kappa shape index (κ3) is 3.39. The molecule has 106 valence electrons. The van der Waals surface area contributed by atoms with Crippen LogP contribution in [0, 0.1) is 6.92 Å². The molecule has 0 unspecified atom stereocenters. The van der Waals surface area contributed by atoms with Crippen LogP contribution in [0.15, 0.2) is 33.4 Å². The largest absolute Gasteiger partial charge is 0.337 e. The fourth-order valence-electron chi connectivity index (χ4n) is 1.94. The highest BCUT2D eigenvalue weighted by molar-refractivity contribution is 9.11. The molecule has 0 saturated heterocycles. The average Bonchev–Trinajstić information content (AvgIpc) is 2.83. The fraction of sp³-hybridized carbons (Fsp3) is 0.214. The van der Waals surface area contributed by atoms with Gasteiger partial charge in [-0.25, -0.2) is 0 Å². The lowest BCUT2D eigenvalue weighted by atomic mass is 10.1. The van der Waals surface area contributed by atoms with Gasteiger partial charge in [-0.2, -0.15) is 0 Å². The monoisotopic (exact) mass is 353 g/mol. The van der Waals surface area contributed by atoms with Gasteiger partial charge in [0, 0.05) is 13.6 Å². The van der Waals surface area contributed by atoms with Gasteiger partial charge in [0.15, 0.2) is 0 Å². The predicted octanol–water partition coefficient (Wildman–Crippen LogP) is 3.38. The second-order valence-electron chi connectivity index (χ2n) is 4.61. The SMILES string of the molecule is Cc1ccc(C(=O)N(C)Cc2csc(Br)c2)c(NN)c1. The van der Waals surface area contributed by atoms with Gasteiger partial charge in [-0.05, 0) is 57.6 Å². The van der Waals surface area contributed by atoms with Gasteiger partial charge in [-0.15, -0.1) is 11.3 Å². The van der Waals surface area contributed by atoms with Gasteiger partial charge in [0.2, 0.25) is 0 Å². The molecule has 1 aromatic heterocycles. The Hall–Kier alpha value is -1.37. The van der Waals surface area contributed by atoms with E-state index < -0.39 is 0 Å². The number of carbonyl (C=O) groups excluding carboxylic acids is 1. The van der Waals surface area contributed by atoms with E-state index in [9.17, 15) is 4.79 Å². The van der Waals surface area contributed by atoms with Crippen LogP contribution in [0.3, 0.4) is 0 Å². The van der Waals surface area contributed by atoms with Crippen molar-refractivity contribution >= 4 is 38.9 Å². The topological polar surface area (TPSA) is 58.4 Å². The summed E-state index contributed by atoms with van der Waals surface area (Å²) in [4.78, 5) is 14.1. The van der Waals surface area contributed by atoms with Crippen molar-refractivity contribution in [3.8, 4) is 0 Å². The minimum atomic E-state index is -0.0553. The van der Waals surface area contributed by atoms with Crippen molar-refractivity contribution in [1.82, 2.24) is 4.90 Å². The van der Waals surface area contributed by atoms with Gasteiger partial charge >= 0.3 is 0 Å². The van der Waals surface area contributed by atoms with Crippen LogP contribution < -0.4 is 11.3 Å². The molecular weight excluding hydrogens is 338 g/mol. The molecule has 0 atom stereocenters. The molecule has 0 aliphatic carbocycles. The van der Waals surface area contributed by atoms with Crippen molar-refractivity contribution in [2.45, 2.75) is 13.5 Å². The summed E-state index contributed by atoms with van der Waals surface area (Å²) in [5.41, 5.74) is 5.97. The minimum Gasteiger partial charge on any atom is -0.337 e. The molecule has 2 rings (SSSR count).